The first-order chi connectivity index (χ1) is 11.1. The highest BCUT2D eigenvalue weighted by Gasteiger charge is 2.37. The molecular formula is C19H21NOS2. The van der Waals surface area contributed by atoms with Gasteiger partial charge in [-0.25, -0.2) is 0 Å². The Balaban J connectivity index is 1.77. The molecule has 0 spiro atoms. The van der Waals surface area contributed by atoms with E-state index in [2.05, 4.69) is 18.2 Å². The van der Waals surface area contributed by atoms with Crippen molar-refractivity contribution >= 4 is 40.3 Å². The molecule has 120 valence electrons. The topological polar surface area (TPSA) is 20.3 Å². The van der Waals surface area contributed by atoms with Crippen LogP contribution in [0.2, 0.25) is 0 Å². The lowest BCUT2D eigenvalue weighted by Crippen LogP contribution is -2.39. The largest absolute Gasteiger partial charge is 0.290 e. The highest BCUT2D eigenvalue weighted by molar-refractivity contribution is 8.26. The van der Waals surface area contributed by atoms with Gasteiger partial charge in [0, 0.05) is 6.04 Å². The van der Waals surface area contributed by atoms with Crippen LogP contribution in [-0.2, 0) is 4.79 Å². The SMILES string of the molecule is CC(=Cc1ccccc1)C=C1SC(=S)N(C2CCCCC2)C1=O. The summed E-state index contributed by atoms with van der Waals surface area (Å²) in [5.41, 5.74) is 2.21. The molecule has 0 bridgehead atoms. The van der Waals surface area contributed by atoms with Gasteiger partial charge in [0.05, 0.1) is 4.91 Å². The lowest BCUT2D eigenvalue weighted by molar-refractivity contribution is -0.124. The van der Waals surface area contributed by atoms with Crippen LogP contribution in [0.5, 0.6) is 0 Å². The van der Waals surface area contributed by atoms with Crippen LogP contribution in [0.15, 0.2) is 46.9 Å². The van der Waals surface area contributed by atoms with Gasteiger partial charge in [0.2, 0.25) is 0 Å². The molecule has 1 saturated heterocycles. The van der Waals surface area contributed by atoms with E-state index in [1.54, 1.807) is 0 Å². The Morgan fingerprint density at radius 2 is 1.91 bits per heavy atom. The van der Waals surface area contributed by atoms with Crippen molar-refractivity contribution < 1.29 is 4.79 Å². The Kier molecular flexibility index (Phi) is 5.34. The average Bonchev–Trinajstić information content (AvgIpc) is 2.83. The van der Waals surface area contributed by atoms with Gasteiger partial charge in [-0.15, -0.1) is 0 Å². The lowest BCUT2D eigenvalue weighted by Gasteiger charge is -2.29. The second-order valence-electron chi connectivity index (χ2n) is 6.14. The third-order valence-electron chi connectivity index (χ3n) is 4.32. The fourth-order valence-corrected chi connectivity index (χ4v) is 4.64. The van der Waals surface area contributed by atoms with E-state index in [1.807, 2.05) is 36.1 Å². The van der Waals surface area contributed by atoms with Gasteiger partial charge in [0.25, 0.3) is 5.91 Å². The number of hydrogen-bond acceptors (Lipinski definition) is 3. The molecule has 1 aliphatic heterocycles. The van der Waals surface area contributed by atoms with Crippen molar-refractivity contribution in [2.45, 2.75) is 45.1 Å². The number of amides is 1. The molecule has 0 atom stereocenters. The number of thioether (sulfide) groups is 1. The van der Waals surface area contributed by atoms with Gasteiger partial charge in [0.1, 0.15) is 4.32 Å². The highest BCUT2D eigenvalue weighted by Crippen LogP contribution is 2.36. The number of hydrogen-bond donors (Lipinski definition) is 0. The molecule has 2 fully saturated rings. The van der Waals surface area contributed by atoms with Crippen LogP contribution in [0.1, 0.15) is 44.6 Å². The number of carbonyl (C=O) groups excluding carboxylic acids is 1. The number of thiocarbonyl (C=S) groups is 1. The highest BCUT2D eigenvalue weighted by atomic mass is 32.2. The van der Waals surface area contributed by atoms with E-state index in [4.69, 9.17) is 12.2 Å². The maximum absolute atomic E-state index is 12.7. The monoisotopic (exact) mass is 343 g/mol. The van der Waals surface area contributed by atoms with Crippen LogP contribution in [-0.4, -0.2) is 21.2 Å². The van der Waals surface area contributed by atoms with Crippen LogP contribution in [0.25, 0.3) is 6.08 Å². The molecule has 1 aromatic rings. The van der Waals surface area contributed by atoms with Crippen molar-refractivity contribution in [1.29, 1.82) is 0 Å². The molecule has 1 aliphatic carbocycles. The third kappa shape index (κ3) is 3.93. The first-order valence-corrected chi connectivity index (χ1v) is 9.38. The maximum Gasteiger partial charge on any atom is 0.266 e. The molecule has 23 heavy (non-hydrogen) atoms. The predicted molar refractivity (Wildman–Crippen MR) is 102 cm³/mol. The van der Waals surface area contributed by atoms with Crippen LogP contribution >= 0.6 is 24.0 Å². The second-order valence-corrected chi connectivity index (χ2v) is 7.82. The Morgan fingerprint density at radius 1 is 1.22 bits per heavy atom. The zero-order chi connectivity index (χ0) is 16.2. The maximum atomic E-state index is 12.7. The Labute approximate surface area is 147 Å². The first-order valence-electron chi connectivity index (χ1n) is 8.15. The number of carbonyl (C=O) groups is 1. The smallest absolute Gasteiger partial charge is 0.266 e. The van der Waals surface area contributed by atoms with Gasteiger partial charge >= 0.3 is 0 Å². The molecule has 3 rings (SSSR count). The van der Waals surface area contributed by atoms with Crippen LogP contribution in [0.4, 0.5) is 0 Å². The van der Waals surface area contributed by atoms with E-state index in [1.165, 1.54) is 31.0 Å². The van der Waals surface area contributed by atoms with E-state index >= 15 is 0 Å². The zero-order valence-electron chi connectivity index (χ0n) is 13.3. The van der Waals surface area contributed by atoms with E-state index in [-0.39, 0.29) is 5.91 Å². The van der Waals surface area contributed by atoms with Crippen LogP contribution in [0.3, 0.4) is 0 Å². The fourth-order valence-electron chi connectivity index (χ4n) is 3.19. The quantitative estimate of drug-likeness (QED) is 0.558. The summed E-state index contributed by atoms with van der Waals surface area (Å²) in [6.07, 6.45) is 9.90. The predicted octanol–water partition coefficient (Wildman–Crippen LogP) is 5.17. The molecule has 0 unspecified atom stereocenters. The molecule has 1 amide bonds. The molecule has 0 radical (unpaired) electrons. The van der Waals surface area contributed by atoms with Crippen molar-refractivity contribution in [1.82, 2.24) is 4.90 Å². The minimum Gasteiger partial charge on any atom is -0.290 e. The summed E-state index contributed by atoms with van der Waals surface area (Å²) in [6.45, 7) is 2.03. The average molecular weight is 344 g/mol. The second kappa shape index (κ2) is 7.45. The number of rotatable bonds is 3. The number of benzene rings is 1. The summed E-state index contributed by atoms with van der Waals surface area (Å²) < 4.78 is 0.723. The zero-order valence-corrected chi connectivity index (χ0v) is 15.0. The van der Waals surface area contributed by atoms with Crippen LogP contribution in [0, 0.1) is 0 Å². The summed E-state index contributed by atoms with van der Waals surface area (Å²) >= 11 is 6.91. The van der Waals surface area contributed by atoms with E-state index in [0.29, 0.717) is 6.04 Å². The van der Waals surface area contributed by atoms with Crippen molar-refractivity contribution in [2.24, 2.45) is 0 Å². The number of nitrogens with zero attached hydrogens (tertiary/aromatic N) is 1. The van der Waals surface area contributed by atoms with E-state index in [9.17, 15) is 4.79 Å². The lowest BCUT2D eigenvalue weighted by atomic mass is 9.94. The molecule has 0 N–H and O–H groups in total. The summed E-state index contributed by atoms with van der Waals surface area (Å²) in [4.78, 5) is 15.3. The third-order valence-corrected chi connectivity index (χ3v) is 5.65. The van der Waals surface area contributed by atoms with Gasteiger partial charge in [-0.1, -0.05) is 79.7 Å². The summed E-state index contributed by atoms with van der Waals surface area (Å²) in [5, 5.41) is 0. The molecule has 2 nitrogen and oxygen atoms in total. The minimum absolute atomic E-state index is 0.0905. The molecule has 0 aromatic heterocycles. The molecular weight excluding hydrogens is 322 g/mol. The molecule has 1 heterocycles. The van der Waals surface area contributed by atoms with E-state index < -0.39 is 0 Å². The van der Waals surface area contributed by atoms with Gasteiger partial charge in [-0.3, -0.25) is 9.69 Å². The van der Waals surface area contributed by atoms with Crippen LogP contribution < -0.4 is 0 Å². The summed E-state index contributed by atoms with van der Waals surface area (Å²) in [6, 6.07) is 10.5. The van der Waals surface area contributed by atoms with Gasteiger partial charge < -0.3 is 0 Å². The molecule has 2 aliphatic rings. The van der Waals surface area contributed by atoms with Crippen molar-refractivity contribution in [3.8, 4) is 0 Å². The summed E-state index contributed by atoms with van der Waals surface area (Å²) in [7, 11) is 0. The Hall–Kier alpha value is -1.39. The first kappa shape index (κ1) is 16.5. The van der Waals surface area contributed by atoms with E-state index in [0.717, 1.165) is 33.2 Å². The normalized spacial score (nSPS) is 22.2. The van der Waals surface area contributed by atoms with Gasteiger partial charge in [0.15, 0.2) is 0 Å². The van der Waals surface area contributed by atoms with Crippen molar-refractivity contribution in [3.63, 3.8) is 0 Å². The minimum atomic E-state index is 0.0905. The fraction of sp³-hybridized carbons (Fsp3) is 0.368. The van der Waals surface area contributed by atoms with Gasteiger partial charge in [-0.2, -0.15) is 0 Å². The van der Waals surface area contributed by atoms with Crippen molar-refractivity contribution in [2.75, 3.05) is 0 Å². The summed E-state index contributed by atoms with van der Waals surface area (Å²) in [5.74, 6) is 0.0905. The standard InChI is InChI=1S/C19H21NOS2/c1-14(12-15-8-4-2-5-9-15)13-17-18(21)20(19(22)23-17)16-10-6-3-7-11-16/h2,4-5,8-9,12-13,16H,3,6-7,10-11H2,1H3. The van der Waals surface area contributed by atoms with Gasteiger partial charge in [-0.05, 0) is 37.0 Å². The molecule has 1 saturated carbocycles. The Morgan fingerprint density at radius 3 is 2.61 bits per heavy atom. The molecule has 4 heteroatoms. The number of allylic oxidation sites excluding steroid dienone is 2. The van der Waals surface area contributed by atoms with Crippen molar-refractivity contribution in [3.05, 3.63) is 52.4 Å². The Bertz CT molecular complexity index is 657. The molecule has 1 aromatic carbocycles.